The van der Waals surface area contributed by atoms with Crippen LogP contribution in [0.3, 0.4) is 0 Å². The van der Waals surface area contributed by atoms with Crippen LogP contribution >= 0.6 is 0 Å². The molecule has 0 amide bonds. The third-order valence-corrected chi connectivity index (χ3v) is 7.51. The Labute approximate surface area is 2480 Å². The molecule has 0 heterocycles. The first kappa shape index (κ1) is 466. The summed E-state index contributed by atoms with van der Waals surface area (Å²) in [5, 5.41) is 0. The molecule has 0 aliphatic heterocycles. The zero-order chi connectivity index (χ0) is 26.1. The Bertz CT molecular complexity index is 1440. The van der Waals surface area contributed by atoms with Crippen molar-refractivity contribution in [1.82, 2.24) is 0 Å². The zero-order valence-electron chi connectivity index (χ0n) is 64.8. The van der Waals surface area contributed by atoms with E-state index in [0.29, 0.717) is 0 Å². The fraction of sp³-hybridized carbons (Fsp3) is 0.333. The van der Waals surface area contributed by atoms with Gasteiger partial charge in [0.25, 0.3) is 0 Å². The predicted octanol–water partition coefficient (Wildman–Crippen LogP) is 7.46. The zero-order valence-corrected chi connectivity index (χ0v) is 269. The Morgan fingerprint density at radius 2 is 0.231 bits per heavy atom. The van der Waals surface area contributed by atoms with Crippen molar-refractivity contribution in [2.75, 3.05) is 0 Å². The molecule has 0 saturated carbocycles. The predicted molar refractivity (Wildman–Crippen MR) is 148 cm³/mol. The van der Waals surface area contributed by atoms with Crippen molar-refractivity contribution in [3.63, 3.8) is 0 Å². The Kier molecular flexibility index (Phi) is 1480. The molecule has 4 aromatic carbocycles. The van der Waals surface area contributed by atoms with Gasteiger partial charge in [0.2, 0.25) is 0 Å². The summed E-state index contributed by atoms with van der Waals surface area (Å²) in [6, 6.07) is 30.0. The summed E-state index contributed by atoms with van der Waals surface area (Å²) in [7, 11) is 0. The fourth-order valence-electron chi connectivity index (χ4n) is 5.08. The van der Waals surface area contributed by atoms with Crippen molar-refractivity contribution in [1.29, 1.82) is 0 Å². The number of hydrogen-bond acceptors (Lipinski definition) is 0. The molecule has 108 heavy (non-hydrogen) atoms. The van der Waals surface area contributed by atoms with Gasteiger partial charge in [0.15, 0.2) is 0 Å². The Balaban J connectivity index is -0.00000000315. The van der Waals surface area contributed by atoms with Crippen LogP contribution in [0.1, 0.15) is 83.5 Å². The molecule has 4 aromatic rings. The molecule has 0 unspecified atom stereocenters. The third-order valence-electron chi connectivity index (χ3n) is 7.51. The molecule has 0 fully saturated rings. The molecule has 0 aromatic heterocycles. The van der Waals surface area contributed by atoms with Gasteiger partial charge >= 0.3 is 0 Å². The molecule has 0 bridgehead atoms. The van der Waals surface area contributed by atoms with E-state index >= 15 is 0 Å². The first-order valence-electron chi connectivity index (χ1n) is 12.7. The van der Waals surface area contributed by atoms with Crippen molar-refractivity contribution in [3.8, 4) is 0 Å². The molecule has 4 rings (SSSR count). The second-order valence-electron chi connectivity index (χ2n) is 10.2. The third kappa shape index (κ3) is 265. The van der Waals surface area contributed by atoms with Gasteiger partial charge in [-0.05, 0) is 0 Å². The summed E-state index contributed by atoms with van der Waals surface area (Å²) < 4.78 is 0. The van der Waals surface area contributed by atoms with E-state index in [2.05, 4.69) is 111 Å². The minimum atomic E-state index is 0. The van der Waals surface area contributed by atoms with Crippen LogP contribution in [0.4, 0.5) is 0 Å². The van der Waals surface area contributed by atoms with Crippen molar-refractivity contribution in [2.24, 2.45) is 0 Å². The maximum atomic E-state index is 3.63. The molecule has 0 nitrogen and oxygen atoms in total. The number of rotatable bonds is 6. The summed E-state index contributed by atoms with van der Waals surface area (Å²) in [5.41, 5.74) is 17.9. The van der Waals surface area contributed by atoms with E-state index in [9.17, 15) is 0 Å². The largest absolute Gasteiger partial charge is 0.356 e. The molecule has 0 aliphatic rings. The molecule has 0 saturated heterocycles. The van der Waals surface area contributed by atoms with E-state index in [0.717, 1.165) is 36.0 Å². The summed E-state index contributed by atoms with van der Waals surface area (Å²) in [4.78, 5) is 0. The van der Waals surface area contributed by atoms with E-state index in [-0.39, 0.29) is 2360 Å². The van der Waals surface area contributed by atoms with Crippen molar-refractivity contribution >= 4 is 0 Å². The molecule has 0 atom stereocenters. The van der Waals surface area contributed by atoms with Gasteiger partial charge in [0.1, 0.15) is 0 Å². The van der Waals surface area contributed by atoms with Crippen LogP contribution in [0, 0.1) is 111 Å². The Morgan fingerprint density at radius 3 is 0.343 bits per heavy atom. The quantitative estimate of drug-likeness (QED) is 0.176. The van der Waals surface area contributed by atoms with Gasteiger partial charge < -0.3 is 71.3 Å². The first-order valence-corrected chi connectivity index (χ1v) is 12.7. The van der Waals surface area contributed by atoms with E-state index in [4.69, 9.17) is 0 Å². The molecule has 0 spiro atoms. The van der Waals surface area contributed by atoms with Crippen molar-refractivity contribution < 1.29 is 2360 Å². The van der Waals surface area contributed by atoms with Crippen LogP contribution in [0.15, 0.2) is 6.07 Å². The van der Waals surface area contributed by atoms with Crippen LogP contribution in [0.5, 0.6) is 0 Å². The van der Waals surface area contributed by atoms with Crippen molar-refractivity contribution in [2.45, 2.75) is 81.6 Å². The van der Waals surface area contributed by atoms with Crippen molar-refractivity contribution in [3.05, 3.63) is 138 Å². The van der Waals surface area contributed by atoms with E-state index in [1.54, 1.807) is 0 Å². The Hall–Kier alpha value is 76.4. The second kappa shape index (κ2) is 343. The second-order valence-corrected chi connectivity index (χ2v) is 10.2. The van der Waals surface area contributed by atoms with E-state index in [1.165, 1.54) is 66.8 Å². The van der Waals surface area contributed by atoms with E-state index < -0.39 is 0 Å². The summed E-state index contributed by atoms with van der Waals surface area (Å²) in [6.07, 6.45) is 2.41. The topological polar surface area (TPSA) is 0 Å². The summed E-state index contributed by atoms with van der Waals surface area (Å²) in [5.74, 6) is 0. The van der Waals surface area contributed by atoms with Crippen LogP contribution in [-0.4, -0.2) is 0 Å². The maximum absolute atomic E-state index is 3.63. The van der Waals surface area contributed by atoms with Crippen LogP contribution in [0.2, 0.25) is 0 Å². The number of hydrogen-bond donors (Lipinski definition) is 0. The molecular formula is C36H34Y72-8. The van der Waals surface area contributed by atoms with Gasteiger partial charge in [-0.25, -0.2) is 0 Å². The molecule has 402 valence electrons. The van der Waals surface area contributed by atoms with Gasteiger partial charge in [0.05, 0.1) is 0 Å². The minimum Gasteiger partial charge on any atom is -0.356 e. The smallest absolute Gasteiger partial charge is 0 e. The minimum absolute atomic E-state index is 0. The van der Waals surface area contributed by atoms with Gasteiger partial charge in [-0.2, -0.15) is 0 Å². The molecule has 72 heteroatoms. The SMILES string of the molecule is Cc1[c-]c(Cc2c(C)[c-]c(Cc3c(C)[c-]c(Cc4c(C)[c-]c[c-]c4C)[c-]c3C)[c-]c2C)[c-]c(C)c1C.[Y].[Y].[Y].[Y].[Y].[Y].[Y].[Y].[Y].[Y].[Y].[Y].[Y].[Y].[Y].[Y].[Y].[Y].[Y].[Y].[Y].[Y].[Y].[Y].[Y].[Y].[Y].[Y].[Y].[Y].[Y].[Y].[Y].[Y].[Y].[Y].[Y].[Y].[Y].[Y].[Y].[Y].[Y].[Y].[Y].[Y].[Y].[Y].[Y].[Y].[Y].[Y].[Y].[Y].[Y].[Y].[Y].[Y].[Y].[Y].[Y].[Y].[Y].[Y].[Y].[Y].[Y].[Y].[Y].[Y].[Y].[Y]. The molecule has 0 aliphatic carbocycles. The summed E-state index contributed by atoms with van der Waals surface area (Å²) >= 11 is 0. The monoisotopic (exact) mass is 6870 g/mol. The van der Waals surface area contributed by atoms with Gasteiger partial charge in [-0.3, -0.25) is 66.8 Å². The van der Waals surface area contributed by atoms with Crippen LogP contribution in [-0.2, 0) is 2370 Å². The molecular weight excluding hydrogens is 6830 g/mol. The number of aryl methyl sites for hydroxylation is 8. The fourth-order valence-corrected chi connectivity index (χ4v) is 5.08. The average Bonchev–Trinajstić information content (AvgIpc) is 2.79. The van der Waals surface area contributed by atoms with Gasteiger partial charge in [-0.15, -0.1) is 26.2 Å². The molecule has 72 radical (unpaired) electrons. The van der Waals surface area contributed by atoms with Crippen LogP contribution in [0.25, 0.3) is 0 Å². The summed E-state index contributed by atoms with van der Waals surface area (Å²) in [6.45, 7) is 19.3. The first-order chi connectivity index (χ1) is 17.0. The van der Waals surface area contributed by atoms with Gasteiger partial charge in [0, 0.05) is 2360 Å². The Morgan fingerprint density at radius 1 is 0.139 bits per heavy atom. The number of benzene rings is 4. The average molecular weight is 6870 g/mol. The normalized spacial score (nSPS) is 3.75. The molecule has 0 N–H and O–H groups in total. The van der Waals surface area contributed by atoms with Gasteiger partial charge in [-0.1, -0.05) is 55.4 Å². The maximum Gasteiger partial charge on any atom is 0 e. The van der Waals surface area contributed by atoms with Crippen LogP contribution < -0.4 is 0 Å². The standard InChI is InChI=1S/C36H34.72Y/c1-22-11-10-12-23(2)34(22)19-32-15-26(5)36(27(6)16-32)21-33-17-28(7)35(29(8)18-33)20-31-13-24(3)30(9)25(4)14-31;;;;;;;;;;;;;;;;;;;;;;;;;;;;;;;;;;;;;;;;;;;;;;;;;;;;;;;;;;;;;;;;;;;;;;;;/h10H,19-21H2,1-9H3;;;;;;;;;;;;;;;;;;;;;;;;;;;;;;;;;;;;;;;;;;;;;;;;;;;;;;;;;;;;;;;;;;;;;;;;/q-8;;;;;;;;;;;;;;;;;;;;;;;;;;;;;;;;;;;;;;;;;;;;;;;;;;;;;;;;;;;;;;;;;;;;;;;;. The van der Waals surface area contributed by atoms with E-state index in [1.807, 2.05) is 6.07 Å².